The van der Waals surface area contributed by atoms with E-state index in [1.54, 1.807) is 0 Å². The van der Waals surface area contributed by atoms with Gasteiger partial charge in [0.15, 0.2) is 5.79 Å². The molecule has 1 aromatic carbocycles. The first kappa shape index (κ1) is 16.0. The SMILES string of the molecule is Brc1c(OC2CCC3(CC2)OCCO3)ccc2c1nnn2CC1CC1. The van der Waals surface area contributed by atoms with Gasteiger partial charge in [-0.05, 0) is 59.7 Å². The fraction of sp³-hybridized carbons (Fsp3) is 0.667. The molecule has 1 saturated heterocycles. The van der Waals surface area contributed by atoms with Crippen LogP contribution in [0, 0.1) is 5.92 Å². The van der Waals surface area contributed by atoms with Crippen LogP contribution in [-0.4, -0.2) is 40.1 Å². The van der Waals surface area contributed by atoms with Crippen LogP contribution in [0.2, 0.25) is 0 Å². The zero-order valence-electron chi connectivity index (χ0n) is 14.1. The minimum absolute atomic E-state index is 0.189. The van der Waals surface area contributed by atoms with Crippen LogP contribution in [0.25, 0.3) is 11.0 Å². The van der Waals surface area contributed by atoms with Crippen molar-refractivity contribution in [3.63, 3.8) is 0 Å². The Bertz CT molecular complexity index is 773. The Kier molecular flexibility index (Phi) is 3.98. The molecule has 1 spiro atoms. The molecule has 0 atom stereocenters. The van der Waals surface area contributed by atoms with Crippen molar-refractivity contribution in [1.82, 2.24) is 15.0 Å². The maximum absolute atomic E-state index is 6.26. The maximum Gasteiger partial charge on any atom is 0.168 e. The number of hydrogen-bond acceptors (Lipinski definition) is 5. The zero-order chi connectivity index (χ0) is 16.9. The van der Waals surface area contributed by atoms with Gasteiger partial charge in [0.2, 0.25) is 0 Å². The quantitative estimate of drug-likeness (QED) is 0.773. The second-order valence-corrected chi connectivity index (χ2v) is 8.18. The van der Waals surface area contributed by atoms with Crippen LogP contribution in [-0.2, 0) is 16.0 Å². The van der Waals surface area contributed by atoms with Gasteiger partial charge in [0.1, 0.15) is 11.3 Å². The topological polar surface area (TPSA) is 58.4 Å². The van der Waals surface area contributed by atoms with Gasteiger partial charge in [-0.1, -0.05) is 5.21 Å². The molecule has 0 amide bonds. The van der Waals surface area contributed by atoms with Gasteiger partial charge in [-0.25, -0.2) is 4.68 Å². The summed E-state index contributed by atoms with van der Waals surface area (Å²) < 4.78 is 20.8. The molecule has 0 radical (unpaired) electrons. The molecule has 2 heterocycles. The number of ether oxygens (including phenoxy) is 3. The Morgan fingerprint density at radius 1 is 1.16 bits per heavy atom. The molecule has 3 aliphatic rings. The van der Waals surface area contributed by atoms with E-state index in [4.69, 9.17) is 14.2 Å². The molecular weight excluding hydrogens is 386 g/mol. The Labute approximate surface area is 154 Å². The lowest BCUT2D eigenvalue weighted by Crippen LogP contribution is -2.38. The largest absolute Gasteiger partial charge is 0.489 e. The average Bonchev–Trinajstić information content (AvgIpc) is 3.17. The molecule has 1 aliphatic heterocycles. The summed E-state index contributed by atoms with van der Waals surface area (Å²) in [6.45, 7) is 2.39. The monoisotopic (exact) mass is 407 g/mol. The standard InChI is InChI=1S/C18H22BrN3O3/c19-16-15(25-13-5-7-18(8-6-13)23-9-10-24-18)4-3-14-17(16)20-21-22(14)11-12-1-2-12/h3-4,12-13H,1-2,5-11H2. The van der Waals surface area contributed by atoms with E-state index in [0.29, 0.717) is 13.2 Å². The molecule has 1 aromatic heterocycles. The lowest BCUT2D eigenvalue weighted by Gasteiger charge is -2.35. The van der Waals surface area contributed by atoms with Crippen LogP contribution in [0.15, 0.2) is 16.6 Å². The molecule has 0 N–H and O–H groups in total. The van der Waals surface area contributed by atoms with Crippen molar-refractivity contribution < 1.29 is 14.2 Å². The van der Waals surface area contributed by atoms with E-state index in [9.17, 15) is 0 Å². The molecule has 0 bridgehead atoms. The second-order valence-electron chi connectivity index (χ2n) is 7.39. The molecule has 2 aliphatic carbocycles. The van der Waals surface area contributed by atoms with Crippen molar-refractivity contribution in [2.24, 2.45) is 5.92 Å². The summed E-state index contributed by atoms with van der Waals surface area (Å²) in [4.78, 5) is 0. The predicted molar refractivity (Wildman–Crippen MR) is 95.5 cm³/mol. The van der Waals surface area contributed by atoms with E-state index in [1.165, 1.54) is 12.8 Å². The summed E-state index contributed by atoms with van der Waals surface area (Å²) in [6.07, 6.45) is 6.48. The molecule has 2 saturated carbocycles. The first-order valence-electron chi connectivity index (χ1n) is 9.19. The lowest BCUT2D eigenvalue weighted by atomic mass is 9.92. The molecule has 0 unspecified atom stereocenters. The number of halogens is 1. The van der Waals surface area contributed by atoms with Crippen molar-refractivity contribution in [3.8, 4) is 5.75 Å². The van der Waals surface area contributed by atoms with Gasteiger partial charge >= 0.3 is 0 Å². The van der Waals surface area contributed by atoms with E-state index in [-0.39, 0.29) is 11.9 Å². The van der Waals surface area contributed by atoms with E-state index in [1.807, 2.05) is 10.7 Å². The van der Waals surface area contributed by atoms with Crippen LogP contribution in [0.1, 0.15) is 38.5 Å². The van der Waals surface area contributed by atoms with Gasteiger partial charge in [-0.2, -0.15) is 0 Å². The van der Waals surface area contributed by atoms with Crippen LogP contribution in [0.5, 0.6) is 5.75 Å². The van der Waals surface area contributed by atoms with E-state index < -0.39 is 0 Å². The normalized spacial score (nSPS) is 23.6. The number of nitrogens with zero attached hydrogens (tertiary/aromatic N) is 3. The fourth-order valence-electron chi connectivity index (χ4n) is 3.87. The molecule has 6 nitrogen and oxygen atoms in total. The first-order valence-corrected chi connectivity index (χ1v) is 9.98. The number of benzene rings is 1. The molecule has 7 heteroatoms. The number of hydrogen-bond donors (Lipinski definition) is 0. The van der Waals surface area contributed by atoms with Crippen LogP contribution in [0.4, 0.5) is 0 Å². The predicted octanol–water partition coefficient (Wildman–Crippen LogP) is 3.67. The molecular formula is C18H22BrN3O3. The van der Waals surface area contributed by atoms with Crippen molar-refractivity contribution in [2.75, 3.05) is 13.2 Å². The van der Waals surface area contributed by atoms with Crippen molar-refractivity contribution in [3.05, 3.63) is 16.6 Å². The van der Waals surface area contributed by atoms with Gasteiger partial charge in [0, 0.05) is 19.4 Å². The maximum atomic E-state index is 6.26. The Morgan fingerprint density at radius 2 is 1.92 bits per heavy atom. The zero-order valence-corrected chi connectivity index (χ0v) is 15.7. The minimum atomic E-state index is -0.341. The molecule has 5 rings (SSSR count). The number of rotatable bonds is 4. The van der Waals surface area contributed by atoms with Gasteiger partial charge in [-0.3, -0.25) is 0 Å². The van der Waals surface area contributed by atoms with E-state index in [2.05, 4.69) is 32.3 Å². The highest BCUT2D eigenvalue weighted by Gasteiger charge is 2.41. The molecule has 134 valence electrons. The fourth-order valence-corrected chi connectivity index (χ4v) is 4.38. The first-order chi connectivity index (χ1) is 12.2. The van der Waals surface area contributed by atoms with Crippen LogP contribution in [0.3, 0.4) is 0 Å². The Balaban J connectivity index is 1.30. The number of fused-ring (bicyclic) bond motifs is 1. The van der Waals surface area contributed by atoms with Crippen LogP contribution < -0.4 is 4.74 Å². The third-order valence-corrected chi connectivity index (χ3v) is 6.29. The van der Waals surface area contributed by atoms with E-state index >= 15 is 0 Å². The van der Waals surface area contributed by atoms with Gasteiger partial charge < -0.3 is 14.2 Å². The Hall–Kier alpha value is -1.18. The van der Waals surface area contributed by atoms with Crippen molar-refractivity contribution in [2.45, 2.75) is 57.0 Å². The van der Waals surface area contributed by atoms with Crippen LogP contribution >= 0.6 is 15.9 Å². The van der Waals surface area contributed by atoms with E-state index in [0.717, 1.165) is 59.4 Å². The average molecular weight is 408 g/mol. The number of aromatic nitrogens is 3. The summed E-state index contributed by atoms with van der Waals surface area (Å²) in [5.74, 6) is 1.28. The summed E-state index contributed by atoms with van der Waals surface area (Å²) in [5, 5.41) is 8.68. The van der Waals surface area contributed by atoms with Gasteiger partial charge in [-0.15, -0.1) is 5.10 Å². The lowest BCUT2D eigenvalue weighted by molar-refractivity contribution is -0.186. The van der Waals surface area contributed by atoms with Gasteiger partial charge in [0.25, 0.3) is 0 Å². The third-order valence-electron chi connectivity index (χ3n) is 5.52. The van der Waals surface area contributed by atoms with Gasteiger partial charge in [0.05, 0.1) is 29.3 Å². The summed E-state index contributed by atoms with van der Waals surface area (Å²) in [6, 6.07) is 4.11. The Morgan fingerprint density at radius 3 is 2.64 bits per heavy atom. The molecule has 25 heavy (non-hydrogen) atoms. The summed E-state index contributed by atoms with van der Waals surface area (Å²) in [5.41, 5.74) is 1.95. The highest BCUT2D eigenvalue weighted by atomic mass is 79.9. The molecule has 2 aromatic rings. The highest BCUT2D eigenvalue weighted by Crippen LogP contribution is 2.39. The smallest absolute Gasteiger partial charge is 0.168 e. The summed E-state index contributed by atoms with van der Waals surface area (Å²) >= 11 is 3.67. The summed E-state index contributed by atoms with van der Waals surface area (Å²) in [7, 11) is 0. The minimum Gasteiger partial charge on any atom is -0.489 e. The highest BCUT2D eigenvalue weighted by molar-refractivity contribution is 9.10. The third kappa shape index (κ3) is 3.06. The van der Waals surface area contributed by atoms with Crippen molar-refractivity contribution >= 4 is 27.0 Å². The van der Waals surface area contributed by atoms with Crippen molar-refractivity contribution in [1.29, 1.82) is 0 Å². The second kappa shape index (κ2) is 6.21. The molecule has 3 fully saturated rings.